The Balaban J connectivity index is 2.08. The van der Waals surface area contributed by atoms with Gasteiger partial charge < -0.3 is 15.7 Å². The van der Waals surface area contributed by atoms with Gasteiger partial charge in [-0.1, -0.05) is 6.07 Å². The van der Waals surface area contributed by atoms with Gasteiger partial charge in [-0.15, -0.1) is 0 Å². The second-order valence-corrected chi connectivity index (χ2v) is 7.28. The van der Waals surface area contributed by atoms with Crippen molar-refractivity contribution in [1.29, 1.82) is 0 Å². The molecule has 10 heteroatoms. The van der Waals surface area contributed by atoms with E-state index in [9.17, 15) is 22.4 Å². The summed E-state index contributed by atoms with van der Waals surface area (Å²) in [5.74, 6) is -0.272. The Morgan fingerprint density at radius 3 is 2.50 bits per heavy atom. The van der Waals surface area contributed by atoms with E-state index in [0.29, 0.717) is 48.5 Å². The number of nitrogens with one attached hydrogen (secondary N) is 2. The molecule has 0 aliphatic rings. The van der Waals surface area contributed by atoms with Crippen LogP contribution in [0.25, 0.3) is 11.5 Å². The van der Waals surface area contributed by atoms with E-state index < -0.39 is 23.0 Å². The summed E-state index contributed by atoms with van der Waals surface area (Å²) in [6.45, 7) is 3.66. The molecule has 0 aliphatic heterocycles. The van der Waals surface area contributed by atoms with Crippen molar-refractivity contribution in [3.63, 3.8) is 0 Å². The number of halogens is 4. The molecule has 0 amide bonds. The van der Waals surface area contributed by atoms with Crippen molar-refractivity contribution in [3.05, 3.63) is 69.3 Å². The Labute approximate surface area is 169 Å². The van der Waals surface area contributed by atoms with Crippen LogP contribution in [-0.2, 0) is 11.6 Å². The standard InChI is InChI=1S/C20H21F4N5O/c1-11-27-15(9-17(30)28-11)18-26-10-16(29-18)19(2,6-3-7-25)13-5-4-12(8-14(13)21)20(22,23)24/h4-5,8-10H,3,6-7,25H2,1-2H3,(H,26,29)(H,27,28,30). The molecular weight excluding hydrogens is 402 g/mol. The number of aryl methyl sites for hydroxylation is 1. The first-order valence-corrected chi connectivity index (χ1v) is 9.25. The van der Waals surface area contributed by atoms with Gasteiger partial charge in [-0.3, -0.25) is 4.79 Å². The van der Waals surface area contributed by atoms with Crippen molar-refractivity contribution < 1.29 is 17.6 Å². The minimum atomic E-state index is -4.64. The van der Waals surface area contributed by atoms with Gasteiger partial charge in [0.2, 0.25) is 0 Å². The highest BCUT2D eigenvalue weighted by Gasteiger charge is 2.36. The molecule has 6 nitrogen and oxygen atoms in total. The molecule has 30 heavy (non-hydrogen) atoms. The number of aromatic nitrogens is 4. The molecule has 0 bridgehead atoms. The van der Waals surface area contributed by atoms with Gasteiger partial charge >= 0.3 is 6.18 Å². The van der Waals surface area contributed by atoms with E-state index in [2.05, 4.69) is 19.9 Å². The predicted octanol–water partition coefficient (Wildman–Crippen LogP) is 3.67. The third-order valence-corrected chi connectivity index (χ3v) is 5.04. The van der Waals surface area contributed by atoms with Gasteiger partial charge in [0.15, 0.2) is 5.82 Å². The zero-order valence-corrected chi connectivity index (χ0v) is 16.4. The Kier molecular flexibility index (Phi) is 5.80. The maximum atomic E-state index is 14.8. The second kappa shape index (κ2) is 8.02. The molecule has 1 unspecified atom stereocenters. The number of hydrogen-bond acceptors (Lipinski definition) is 4. The van der Waals surface area contributed by atoms with Crippen LogP contribution in [-0.4, -0.2) is 26.5 Å². The van der Waals surface area contributed by atoms with Crippen molar-refractivity contribution >= 4 is 0 Å². The number of nitrogens with zero attached hydrogens (tertiary/aromatic N) is 2. The van der Waals surface area contributed by atoms with Gasteiger partial charge in [-0.2, -0.15) is 13.2 Å². The quantitative estimate of drug-likeness (QED) is 0.527. The largest absolute Gasteiger partial charge is 0.416 e. The van der Waals surface area contributed by atoms with Crippen LogP contribution < -0.4 is 11.3 Å². The van der Waals surface area contributed by atoms with Crippen LogP contribution in [0.1, 0.15) is 42.4 Å². The number of alkyl halides is 3. The highest BCUT2D eigenvalue weighted by atomic mass is 19.4. The lowest BCUT2D eigenvalue weighted by Gasteiger charge is -2.30. The van der Waals surface area contributed by atoms with Crippen LogP contribution in [0.15, 0.2) is 35.3 Å². The smallest absolute Gasteiger partial charge is 0.340 e. The number of H-pyrrole nitrogens is 2. The third kappa shape index (κ3) is 4.28. The monoisotopic (exact) mass is 423 g/mol. The van der Waals surface area contributed by atoms with Crippen molar-refractivity contribution in [1.82, 2.24) is 19.9 Å². The summed E-state index contributed by atoms with van der Waals surface area (Å²) in [4.78, 5) is 25.8. The molecule has 1 aromatic carbocycles. The lowest BCUT2D eigenvalue weighted by Crippen LogP contribution is -2.27. The van der Waals surface area contributed by atoms with E-state index in [-0.39, 0.29) is 11.1 Å². The van der Waals surface area contributed by atoms with E-state index in [1.807, 2.05) is 0 Å². The minimum absolute atomic E-state index is 0.0919. The average molecular weight is 423 g/mol. The molecule has 0 fully saturated rings. The predicted molar refractivity (Wildman–Crippen MR) is 103 cm³/mol. The summed E-state index contributed by atoms with van der Waals surface area (Å²) in [5.41, 5.74) is 4.07. The number of benzene rings is 1. The minimum Gasteiger partial charge on any atom is -0.340 e. The first-order chi connectivity index (χ1) is 14.0. The highest BCUT2D eigenvalue weighted by Crippen LogP contribution is 2.39. The van der Waals surface area contributed by atoms with Gasteiger partial charge in [0.25, 0.3) is 5.56 Å². The zero-order valence-electron chi connectivity index (χ0n) is 16.4. The molecule has 0 radical (unpaired) electrons. The molecule has 2 aromatic heterocycles. The molecule has 4 N–H and O–H groups in total. The molecule has 3 aromatic rings. The number of aromatic amines is 2. The van der Waals surface area contributed by atoms with Gasteiger partial charge in [0.1, 0.15) is 17.3 Å². The summed E-state index contributed by atoms with van der Waals surface area (Å²) >= 11 is 0. The van der Waals surface area contributed by atoms with E-state index >= 15 is 0 Å². The summed E-state index contributed by atoms with van der Waals surface area (Å²) in [6.07, 6.45) is -2.29. The highest BCUT2D eigenvalue weighted by molar-refractivity contribution is 5.50. The van der Waals surface area contributed by atoms with Crippen molar-refractivity contribution in [2.24, 2.45) is 5.73 Å². The molecule has 0 saturated heterocycles. The SMILES string of the molecule is Cc1nc(-c2ncc(C(C)(CCCN)c3ccc(C(F)(F)F)cc3F)[nH]2)cc(=O)[nH]1. The van der Waals surface area contributed by atoms with Crippen LogP contribution in [0.2, 0.25) is 0 Å². The normalized spacial score (nSPS) is 14.0. The van der Waals surface area contributed by atoms with Crippen LogP contribution in [0, 0.1) is 12.7 Å². The number of imidazole rings is 1. The first-order valence-electron chi connectivity index (χ1n) is 9.25. The summed E-state index contributed by atoms with van der Waals surface area (Å²) < 4.78 is 53.6. The lowest BCUT2D eigenvalue weighted by atomic mass is 9.75. The van der Waals surface area contributed by atoms with E-state index in [0.717, 1.165) is 12.1 Å². The second-order valence-electron chi connectivity index (χ2n) is 7.28. The molecule has 0 saturated carbocycles. The van der Waals surface area contributed by atoms with E-state index in [1.54, 1.807) is 13.8 Å². The molecule has 160 valence electrons. The lowest BCUT2D eigenvalue weighted by molar-refractivity contribution is -0.137. The molecule has 3 rings (SSSR count). The first kappa shape index (κ1) is 21.7. The van der Waals surface area contributed by atoms with Crippen molar-refractivity contribution in [2.45, 2.75) is 38.3 Å². The number of nitrogens with two attached hydrogens (primary N) is 1. The van der Waals surface area contributed by atoms with Crippen LogP contribution >= 0.6 is 0 Å². The van der Waals surface area contributed by atoms with E-state index in [1.165, 1.54) is 12.3 Å². The van der Waals surface area contributed by atoms with Crippen molar-refractivity contribution in [2.75, 3.05) is 6.54 Å². The van der Waals surface area contributed by atoms with Crippen molar-refractivity contribution in [3.8, 4) is 11.5 Å². The Bertz CT molecular complexity index is 1110. The Hall–Kier alpha value is -3.01. The summed E-state index contributed by atoms with van der Waals surface area (Å²) in [6, 6.07) is 3.77. The fourth-order valence-electron chi connectivity index (χ4n) is 3.44. The fourth-order valence-corrected chi connectivity index (χ4v) is 3.44. The summed E-state index contributed by atoms with van der Waals surface area (Å²) in [5, 5.41) is 0. The average Bonchev–Trinajstić information content (AvgIpc) is 3.15. The van der Waals surface area contributed by atoms with Gasteiger partial charge in [0.05, 0.1) is 5.56 Å². The Morgan fingerprint density at radius 1 is 1.17 bits per heavy atom. The maximum absolute atomic E-state index is 14.8. The topological polar surface area (TPSA) is 100 Å². The molecule has 1 atom stereocenters. The molecule has 0 aliphatic carbocycles. The number of rotatable bonds is 6. The molecule has 2 heterocycles. The van der Waals surface area contributed by atoms with Gasteiger partial charge in [-0.25, -0.2) is 14.4 Å². The fraction of sp³-hybridized carbons (Fsp3) is 0.350. The van der Waals surface area contributed by atoms with Crippen LogP contribution in [0.3, 0.4) is 0 Å². The van der Waals surface area contributed by atoms with E-state index in [4.69, 9.17) is 5.73 Å². The number of hydrogen-bond donors (Lipinski definition) is 3. The maximum Gasteiger partial charge on any atom is 0.416 e. The van der Waals surface area contributed by atoms with Gasteiger partial charge in [-0.05, 0) is 50.9 Å². The molecular formula is C20H21F4N5O. The van der Waals surface area contributed by atoms with Gasteiger partial charge in [0, 0.05) is 23.4 Å². The zero-order chi connectivity index (χ0) is 22.1. The Morgan fingerprint density at radius 2 is 1.90 bits per heavy atom. The third-order valence-electron chi connectivity index (χ3n) is 5.04. The van der Waals surface area contributed by atoms with Crippen LogP contribution in [0.5, 0.6) is 0 Å². The molecule has 0 spiro atoms. The summed E-state index contributed by atoms with van der Waals surface area (Å²) in [7, 11) is 0. The van der Waals surface area contributed by atoms with Crippen LogP contribution in [0.4, 0.5) is 17.6 Å².